The molecule has 0 spiro atoms. The summed E-state index contributed by atoms with van der Waals surface area (Å²) >= 11 is 0. The van der Waals surface area contributed by atoms with Gasteiger partial charge >= 0.3 is 0 Å². The molecule has 0 N–H and O–H groups in total. The molecule has 1 aromatic rings. The second kappa shape index (κ2) is 4.84. The van der Waals surface area contributed by atoms with Crippen molar-refractivity contribution >= 4 is 0 Å². The zero-order valence-corrected chi connectivity index (χ0v) is 10.1. The Labute approximate surface area is 104 Å². The number of benzene rings is 1. The van der Waals surface area contributed by atoms with Crippen LogP contribution in [-0.4, -0.2) is 0 Å². The van der Waals surface area contributed by atoms with Crippen LogP contribution < -0.4 is 0 Å². The molecule has 18 heavy (non-hydrogen) atoms. The number of hydrogen-bond acceptors (Lipinski definition) is 0. The Morgan fingerprint density at radius 2 is 1.78 bits per heavy atom. The highest BCUT2D eigenvalue weighted by Crippen LogP contribution is 2.26. The van der Waals surface area contributed by atoms with Crippen molar-refractivity contribution in [2.45, 2.75) is 19.8 Å². The van der Waals surface area contributed by atoms with E-state index in [1.54, 1.807) is 0 Å². The Hall–Kier alpha value is -1.77. The van der Waals surface area contributed by atoms with Crippen molar-refractivity contribution in [1.82, 2.24) is 0 Å². The van der Waals surface area contributed by atoms with Crippen LogP contribution in [0.25, 0.3) is 0 Å². The normalized spacial score (nSPS) is 15.4. The molecule has 0 saturated heterocycles. The van der Waals surface area contributed by atoms with Crippen LogP contribution in [0.3, 0.4) is 0 Å². The lowest BCUT2D eigenvalue weighted by Crippen LogP contribution is -2.00. The van der Waals surface area contributed by atoms with Crippen LogP contribution in [0.2, 0.25) is 0 Å². The van der Waals surface area contributed by atoms with Crippen molar-refractivity contribution in [1.29, 1.82) is 0 Å². The molecule has 1 aliphatic carbocycles. The van der Waals surface area contributed by atoms with Gasteiger partial charge in [0.05, 0.1) is 0 Å². The highest BCUT2D eigenvalue weighted by Gasteiger charge is 2.12. The van der Waals surface area contributed by atoms with Crippen LogP contribution in [-0.2, 0) is 6.42 Å². The van der Waals surface area contributed by atoms with Crippen LogP contribution in [0.15, 0.2) is 47.8 Å². The van der Waals surface area contributed by atoms with E-state index in [0.29, 0.717) is 17.6 Å². The van der Waals surface area contributed by atoms with Crippen molar-refractivity contribution in [3.63, 3.8) is 0 Å². The fourth-order valence-corrected chi connectivity index (χ4v) is 1.88. The summed E-state index contributed by atoms with van der Waals surface area (Å²) in [5.41, 5.74) is 1.94. The van der Waals surface area contributed by atoms with E-state index in [-0.39, 0.29) is 17.8 Å². The van der Waals surface area contributed by atoms with Crippen LogP contribution in [0.1, 0.15) is 17.5 Å². The van der Waals surface area contributed by atoms with Crippen LogP contribution >= 0.6 is 0 Å². The van der Waals surface area contributed by atoms with Gasteiger partial charge in [-0.15, -0.1) is 0 Å². The molecule has 0 heterocycles. The number of rotatable bonds is 2. The predicted molar refractivity (Wildman–Crippen MR) is 65.8 cm³/mol. The highest BCUT2D eigenvalue weighted by molar-refractivity contribution is 5.43. The van der Waals surface area contributed by atoms with E-state index in [2.05, 4.69) is 6.58 Å². The molecule has 0 aromatic heterocycles. The number of allylic oxidation sites excluding steroid dienone is 5. The van der Waals surface area contributed by atoms with Gasteiger partial charge < -0.3 is 0 Å². The van der Waals surface area contributed by atoms with Gasteiger partial charge in [-0.05, 0) is 60.8 Å². The fraction of sp³-hybridized carbons (Fsp3) is 0.200. The summed E-state index contributed by atoms with van der Waals surface area (Å²) < 4.78 is 39.9. The van der Waals surface area contributed by atoms with E-state index in [1.165, 1.54) is 31.2 Å². The molecule has 0 nitrogen and oxygen atoms in total. The largest absolute Gasteiger partial charge is 0.207 e. The molecule has 0 radical (unpaired) electrons. The Morgan fingerprint density at radius 1 is 1.17 bits per heavy atom. The third-order valence-electron chi connectivity index (χ3n) is 3.05. The van der Waals surface area contributed by atoms with E-state index in [1.807, 2.05) is 0 Å². The molecule has 0 atom stereocenters. The molecule has 0 bridgehead atoms. The molecule has 1 aromatic carbocycles. The lowest BCUT2D eigenvalue weighted by atomic mass is 9.93. The summed E-state index contributed by atoms with van der Waals surface area (Å²) in [5, 5.41) is 0. The molecular formula is C15H13F3. The summed E-state index contributed by atoms with van der Waals surface area (Å²) in [6.07, 6.45) is 3.52. The van der Waals surface area contributed by atoms with Gasteiger partial charge in [0.1, 0.15) is 17.5 Å². The van der Waals surface area contributed by atoms with Gasteiger partial charge in [-0.25, -0.2) is 13.2 Å². The zero-order chi connectivity index (χ0) is 13.3. The maximum Gasteiger partial charge on any atom is 0.129 e. The highest BCUT2D eigenvalue weighted by atomic mass is 19.1. The molecule has 94 valence electrons. The molecule has 1 aliphatic rings. The molecule has 0 saturated carbocycles. The zero-order valence-electron chi connectivity index (χ0n) is 10.1. The summed E-state index contributed by atoms with van der Waals surface area (Å²) in [6, 6.07) is 2.56. The summed E-state index contributed by atoms with van der Waals surface area (Å²) in [6.45, 7) is 5.21. The van der Waals surface area contributed by atoms with E-state index >= 15 is 0 Å². The minimum atomic E-state index is -0.581. The van der Waals surface area contributed by atoms with Crippen molar-refractivity contribution in [2.75, 3.05) is 0 Å². The van der Waals surface area contributed by atoms with Crippen molar-refractivity contribution in [2.24, 2.45) is 0 Å². The van der Waals surface area contributed by atoms with E-state index in [4.69, 9.17) is 0 Å². The maximum absolute atomic E-state index is 13.4. The van der Waals surface area contributed by atoms with Crippen molar-refractivity contribution in [3.8, 4) is 0 Å². The van der Waals surface area contributed by atoms with Gasteiger partial charge in [-0.1, -0.05) is 6.58 Å². The maximum atomic E-state index is 13.4. The van der Waals surface area contributed by atoms with Gasteiger partial charge in [0.15, 0.2) is 0 Å². The Bertz CT molecular complexity index is 542. The summed E-state index contributed by atoms with van der Waals surface area (Å²) in [4.78, 5) is 0. The average Bonchev–Trinajstić information content (AvgIpc) is 2.31. The van der Waals surface area contributed by atoms with Crippen LogP contribution in [0, 0.1) is 18.6 Å². The fourth-order valence-electron chi connectivity index (χ4n) is 1.88. The first-order valence-corrected chi connectivity index (χ1v) is 5.66. The monoisotopic (exact) mass is 250 g/mol. The lowest BCUT2D eigenvalue weighted by Gasteiger charge is -2.14. The number of halogens is 3. The SMILES string of the molecule is C=C1CC=C(F)C=C1Cc1cc(F)c(C)c(F)c1. The number of hydrogen-bond donors (Lipinski definition) is 0. The standard InChI is InChI=1S/C15H13F3/c1-9-3-4-13(16)8-12(9)5-11-6-14(17)10(2)15(18)7-11/h4,6-8H,1,3,5H2,2H3. The van der Waals surface area contributed by atoms with E-state index in [9.17, 15) is 13.2 Å². The Balaban J connectivity index is 2.30. The first kappa shape index (κ1) is 12.7. The van der Waals surface area contributed by atoms with Crippen molar-refractivity contribution in [3.05, 3.63) is 70.6 Å². The van der Waals surface area contributed by atoms with Crippen LogP contribution in [0.4, 0.5) is 13.2 Å². The average molecular weight is 250 g/mol. The smallest absolute Gasteiger partial charge is 0.129 e. The molecule has 0 amide bonds. The molecule has 0 aliphatic heterocycles. The first-order valence-electron chi connectivity index (χ1n) is 5.66. The first-order chi connectivity index (χ1) is 8.47. The van der Waals surface area contributed by atoms with Gasteiger partial charge in [-0.3, -0.25) is 0 Å². The Kier molecular flexibility index (Phi) is 3.41. The second-order valence-electron chi connectivity index (χ2n) is 4.43. The summed E-state index contributed by atoms with van der Waals surface area (Å²) in [7, 11) is 0. The predicted octanol–water partition coefficient (Wildman–Crippen LogP) is 4.56. The minimum Gasteiger partial charge on any atom is -0.207 e. The van der Waals surface area contributed by atoms with Gasteiger partial charge in [0, 0.05) is 5.56 Å². The van der Waals surface area contributed by atoms with Gasteiger partial charge in [0.2, 0.25) is 0 Å². The molecule has 2 rings (SSSR count). The second-order valence-corrected chi connectivity index (χ2v) is 4.43. The molecule has 0 fully saturated rings. The van der Waals surface area contributed by atoms with Gasteiger partial charge in [0.25, 0.3) is 0 Å². The quantitative estimate of drug-likeness (QED) is 0.722. The van der Waals surface area contributed by atoms with E-state index in [0.717, 1.165) is 5.57 Å². The topological polar surface area (TPSA) is 0 Å². The molecule has 3 heteroatoms. The lowest BCUT2D eigenvalue weighted by molar-refractivity contribution is 0.565. The Morgan fingerprint density at radius 3 is 2.39 bits per heavy atom. The third-order valence-corrected chi connectivity index (χ3v) is 3.05. The molecular weight excluding hydrogens is 237 g/mol. The summed E-state index contributed by atoms with van der Waals surface area (Å²) in [5.74, 6) is -1.49. The van der Waals surface area contributed by atoms with E-state index < -0.39 is 11.6 Å². The third kappa shape index (κ3) is 2.55. The van der Waals surface area contributed by atoms with Gasteiger partial charge in [-0.2, -0.15) is 0 Å². The van der Waals surface area contributed by atoms with Crippen molar-refractivity contribution < 1.29 is 13.2 Å². The van der Waals surface area contributed by atoms with Crippen LogP contribution in [0.5, 0.6) is 0 Å². The minimum absolute atomic E-state index is 0.00118. The molecule has 0 unspecified atom stereocenters.